The first-order valence-corrected chi connectivity index (χ1v) is 5.60. The van der Waals surface area contributed by atoms with E-state index < -0.39 is 0 Å². The molecule has 1 aliphatic carbocycles. The van der Waals surface area contributed by atoms with Crippen LogP contribution in [0.4, 0.5) is 0 Å². The largest absolute Gasteiger partial charge is 0.462 e. The van der Waals surface area contributed by atoms with Crippen molar-refractivity contribution in [1.29, 1.82) is 0 Å². The highest BCUT2D eigenvalue weighted by atomic mass is 16.6. The maximum atomic E-state index is 11.1. The van der Waals surface area contributed by atoms with Crippen LogP contribution in [0.2, 0.25) is 0 Å². The van der Waals surface area contributed by atoms with Crippen molar-refractivity contribution in [3.05, 3.63) is 0 Å². The molecule has 1 saturated carbocycles. The van der Waals surface area contributed by atoms with Crippen LogP contribution in [0.25, 0.3) is 0 Å². The van der Waals surface area contributed by atoms with Gasteiger partial charge in [-0.2, -0.15) is 0 Å². The van der Waals surface area contributed by atoms with Gasteiger partial charge in [0.15, 0.2) is 0 Å². The lowest BCUT2D eigenvalue weighted by molar-refractivity contribution is -0.141. The molecule has 1 N–H and O–H groups in total. The van der Waals surface area contributed by atoms with E-state index in [1.807, 2.05) is 0 Å². The summed E-state index contributed by atoms with van der Waals surface area (Å²) >= 11 is 0. The van der Waals surface area contributed by atoms with E-state index in [4.69, 9.17) is 4.74 Å². The Morgan fingerprint density at radius 2 is 2.36 bits per heavy atom. The predicted octanol–water partition coefficient (Wildman–Crippen LogP) is 1.49. The van der Waals surface area contributed by atoms with Gasteiger partial charge in [-0.3, -0.25) is 4.79 Å². The van der Waals surface area contributed by atoms with Crippen LogP contribution >= 0.6 is 0 Å². The number of hydrogen-bond acceptors (Lipinski definition) is 3. The predicted molar refractivity (Wildman–Crippen MR) is 51.6 cm³/mol. The Morgan fingerprint density at radius 1 is 1.57 bits per heavy atom. The van der Waals surface area contributed by atoms with E-state index in [0.717, 1.165) is 19.3 Å². The number of aliphatic hydroxyl groups is 1. The highest BCUT2D eigenvalue weighted by Gasteiger charge is 2.48. The van der Waals surface area contributed by atoms with E-state index in [9.17, 15) is 9.90 Å². The maximum absolute atomic E-state index is 11.1. The number of aliphatic hydroxyl groups excluding tert-OH is 1. The summed E-state index contributed by atoms with van der Waals surface area (Å²) in [5.41, 5.74) is 0. The minimum atomic E-state index is -0.246. The zero-order valence-corrected chi connectivity index (χ0v) is 8.61. The van der Waals surface area contributed by atoms with Crippen molar-refractivity contribution in [2.45, 2.75) is 51.2 Å². The van der Waals surface area contributed by atoms with E-state index in [0.29, 0.717) is 24.7 Å². The van der Waals surface area contributed by atoms with Gasteiger partial charge in [0.05, 0.1) is 12.5 Å². The molecule has 0 aromatic rings. The highest BCUT2D eigenvalue weighted by molar-refractivity contribution is 5.72. The van der Waals surface area contributed by atoms with Gasteiger partial charge in [0, 0.05) is 12.3 Å². The SMILES string of the molecule is CCCCC1C(O)CC2OC(=O)CC21. The third-order valence-corrected chi connectivity index (χ3v) is 3.57. The molecule has 2 fully saturated rings. The summed E-state index contributed by atoms with van der Waals surface area (Å²) < 4.78 is 5.17. The minimum Gasteiger partial charge on any atom is -0.462 e. The Hall–Kier alpha value is -0.570. The maximum Gasteiger partial charge on any atom is 0.306 e. The van der Waals surface area contributed by atoms with Gasteiger partial charge in [-0.1, -0.05) is 19.8 Å². The number of carbonyl (C=O) groups is 1. The van der Waals surface area contributed by atoms with Gasteiger partial charge in [0.25, 0.3) is 0 Å². The molecule has 3 nitrogen and oxygen atoms in total. The van der Waals surface area contributed by atoms with E-state index in [-0.39, 0.29) is 18.2 Å². The molecule has 1 saturated heterocycles. The summed E-state index contributed by atoms with van der Waals surface area (Å²) in [6, 6.07) is 0. The summed E-state index contributed by atoms with van der Waals surface area (Å²) in [5.74, 6) is 0.517. The number of ether oxygens (including phenoxy) is 1. The van der Waals surface area contributed by atoms with Crippen molar-refractivity contribution in [2.75, 3.05) is 0 Å². The smallest absolute Gasteiger partial charge is 0.306 e. The second-order valence-electron chi connectivity index (χ2n) is 4.51. The summed E-state index contributed by atoms with van der Waals surface area (Å²) in [6.45, 7) is 2.15. The van der Waals surface area contributed by atoms with Crippen LogP contribution in [-0.4, -0.2) is 23.3 Å². The molecule has 0 aromatic carbocycles. The Bertz CT molecular complexity index is 227. The minimum absolute atomic E-state index is 0.0133. The topological polar surface area (TPSA) is 46.5 Å². The lowest BCUT2D eigenvalue weighted by Gasteiger charge is -2.18. The molecule has 0 bridgehead atoms. The monoisotopic (exact) mass is 198 g/mol. The molecule has 1 heterocycles. The van der Waals surface area contributed by atoms with Crippen molar-refractivity contribution in [2.24, 2.45) is 11.8 Å². The van der Waals surface area contributed by atoms with Gasteiger partial charge in [0.1, 0.15) is 6.10 Å². The summed E-state index contributed by atoms with van der Waals surface area (Å²) in [5, 5.41) is 9.82. The van der Waals surface area contributed by atoms with E-state index >= 15 is 0 Å². The molecule has 0 amide bonds. The molecule has 2 aliphatic rings. The average molecular weight is 198 g/mol. The van der Waals surface area contributed by atoms with Gasteiger partial charge in [-0.15, -0.1) is 0 Å². The third kappa shape index (κ3) is 1.65. The van der Waals surface area contributed by atoms with Crippen LogP contribution in [-0.2, 0) is 9.53 Å². The number of hydrogen-bond donors (Lipinski definition) is 1. The first kappa shape index (κ1) is 9.97. The van der Waals surface area contributed by atoms with Crippen molar-refractivity contribution in [3.63, 3.8) is 0 Å². The fourth-order valence-corrected chi connectivity index (χ4v) is 2.82. The van der Waals surface area contributed by atoms with E-state index in [2.05, 4.69) is 6.92 Å². The lowest BCUT2D eigenvalue weighted by atomic mass is 9.88. The zero-order valence-electron chi connectivity index (χ0n) is 8.61. The van der Waals surface area contributed by atoms with Gasteiger partial charge in [-0.05, 0) is 12.3 Å². The van der Waals surface area contributed by atoms with Gasteiger partial charge >= 0.3 is 5.97 Å². The molecule has 3 heteroatoms. The molecule has 4 atom stereocenters. The molecule has 0 spiro atoms. The molecule has 4 unspecified atom stereocenters. The number of carbonyl (C=O) groups excluding carboxylic acids is 1. The number of esters is 1. The van der Waals surface area contributed by atoms with E-state index in [1.54, 1.807) is 0 Å². The number of fused-ring (bicyclic) bond motifs is 1. The van der Waals surface area contributed by atoms with Gasteiger partial charge < -0.3 is 9.84 Å². The quantitative estimate of drug-likeness (QED) is 0.699. The number of unbranched alkanes of at least 4 members (excludes halogenated alkanes) is 1. The van der Waals surface area contributed by atoms with Crippen molar-refractivity contribution < 1.29 is 14.6 Å². The Morgan fingerprint density at radius 3 is 3.07 bits per heavy atom. The van der Waals surface area contributed by atoms with E-state index in [1.165, 1.54) is 0 Å². The number of rotatable bonds is 3. The lowest BCUT2D eigenvalue weighted by Crippen LogP contribution is -2.19. The average Bonchev–Trinajstić information content (AvgIpc) is 2.58. The second kappa shape index (κ2) is 3.89. The van der Waals surface area contributed by atoms with Crippen LogP contribution in [0.15, 0.2) is 0 Å². The molecular weight excluding hydrogens is 180 g/mol. The van der Waals surface area contributed by atoms with Crippen LogP contribution in [0.5, 0.6) is 0 Å². The standard InChI is InChI=1S/C11H18O3/c1-2-3-4-7-8-5-11(13)14-10(8)6-9(7)12/h7-10,12H,2-6H2,1H3. The fraction of sp³-hybridized carbons (Fsp3) is 0.909. The van der Waals surface area contributed by atoms with Crippen LogP contribution in [0, 0.1) is 11.8 Å². The fourth-order valence-electron chi connectivity index (χ4n) is 2.82. The Kier molecular flexibility index (Phi) is 2.77. The molecule has 0 aromatic heterocycles. The normalized spacial score (nSPS) is 41.1. The van der Waals surface area contributed by atoms with Crippen molar-refractivity contribution in [1.82, 2.24) is 0 Å². The third-order valence-electron chi connectivity index (χ3n) is 3.57. The Labute approximate surface area is 84.4 Å². The van der Waals surface area contributed by atoms with Crippen LogP contribution < -0.4 is 0 Å². The molecule has 2 rings (SSSR count). The summed E-state index contributed by atoms with van der Waals surface area (Å²) in [4.78, 5) is 11.1. The molecule has 1 aliphatic heterocycles. The highest BCUT2D eigenvalue weighted by Crippen LogP contribution is 2.43. The summed E-state index contributed by atoms with van der Waals surface area (Å²) in [6.07, 6.45) is 4.27. The summed E-state index contributed by atoms with van der Waals surface area (Å²) in [7, 11) is 0. The van der Waals surface area contributed by atoms with Crippen molar-refractivity contribution >= 4 is 5.97 Å². The van der Waals surface area contributed by atoms with Gasteiger partial charge in [0.2, 0.25) is 0 Å². The molecular formula is C11H18O3. The Balaban J connectivity index is 1.97. The van der Waals surface area contributed by atoms with Gasteiger partial charge in [-0.25, -0.2) is 0 Å². The molecule has 80 valence electrons. The second-order valence-corrected chi connectivity index (χ2v) is 4.51. The first-order chi connectivity index (χ1) is 6.72. The first-order valence-electron chi connectivity index (χ1n) is 5.60. The van der Waals surface area contributed by atoms with Crippen LogP contribution in [0.1, 0.15) is 39.0 Å². The van der Waals surface area contributed by atoms with Crippen molar-refractivity contribution in [3.8, 4) is 0 Å². The molecule has 0 radical (unpaired) electrons. The molecule has 14 heavy (non-hydrogen) atoms. The van der Waals surface area contributed by atoms with Crippen LogP contribution in [0.3, 0.4) is 0 Å². The zero-order chi connectivity index (χ0) is 10.1.